The van der Waals surface area contributed by atoms with Gasteiger partial charge in [0.2, 0.25) is 0 Å². The molecule has 1 saturated heterocycles. The summed E-state index contributed by atoms with van der Waals surface area (Å²) in [7, 11) is -4.09. The number of carbonyl (C=O) groups is 1. The molecule has 0 saturated carbocycles. The van der Waals surface area contributed by atoms with Crippen molar-refractivity contribution in [2.24, 2.45) is 0 Å². The Labute approximate surface area is 187 Å². The van der Waals surface area contributed by atoms with Crippen molar-refractivity contribution in [1.82, 2.24) is 5.32 Å². The number of piperazine rings is 1. The molecule has 1 fully saturated rings. The second-order valence-electron chi connectivity index (χ2n) is 8.34. The van der Waals surface area contributed by atoms with Crippen molar-refractivity contribution in [3.63, 3.8) is 0 Å². The van der Waals surface area contributed by atoms with E-state index in [1.54, 1.807) is 12.2 Å². The minimum absolute atomic E-state index is 0.144. The fraction of sp³-hybridized carbons (Fsp3) is 0.625. The van der Waals surface area contributed by atoms with Crippen LogP contribution in [0, 0.1) is 0 Å². The van der Waals surface area contributed by atoms with E-state index in [0.29, 0.717) is 31.6 Å². The Morgan fingerprint density at radius 3 is 2.52 bits per heavy atom. The first-order chi connectivity index (χ1) is 14.9. The topological polar surface area (TPSA) is 86.7 Å². The van der Waals surface area contributed by atoms with Crippen molar-refractivity contribution in [2.75, 3.05) is 24.5 Å². The third-order valence-corrected chi connectivity index (χ3v) is 6.98. The van der Waals surface area contributed by atoms with Crippen LogP contribution < -0.4 is 10.2 Å². The van der Waals surface area contributed by atoms with Crippen LogP contribution in [0.1, 0.15) is 70.8 Å². The molecule has 2 atom stereocenters. The summed E-state index contributed by atoms with van der Waals surface area (Å²) in [5.41, 5.74) is 1.87. The smallest absolute Gasteiger partial charge is 0.271 e. The summed E-state index contributed by atoms with van der Waals surface area (Å²) in [6.45, 7) is 6.37. The quantitative estimate of drug-likeness (QED) is 0.341. The molecule has 1 heterocycles. The van der Waals surface area contributed by atoms with Gasteiger partial charge in [-0.15, -0.1) is 0 Å². The number of benzene rings is 1. The number of nitrogens with one attached hydrogen (secondary N) is 1. The van der Waals surface area contributed by atoms with E-state index in [1.807, 2.05) is 31.2 Å². The molecule has 0 aliphatic carbocycles. The Morgan fingerprint density at radius 2 is 1.87 bits per heavy atom. The number of nitrogens with zero attached hydrogens (tertiary/aromatic N) is 1. The minimum atomic E-state index is -4.09. The molecule has 1 aromatic carbocycles. The first kappa shape index (κ1) is 25.6. The maximum absolute atomic E-state index is 12.8. The Balaban J connectivity index is 2.02. The lowest BCUT2D eigenvalue weighted by Gasteiger charge is -2.37. The standard InChI is InChI=1S/C24H38N2O4S/c1-3-5-6-7-8-10-24(27)23-19-25-17-18-26(23)21-14-11-20(12-15-21)13-16-22(9-4-2)31(28,29)30/h11-16,22-23,25H,3-10,17-19H2,1-2H3,(H,28,29,30). The lowest BCUT2D eigenvalue weighted by molar-refractivity contribution is -0.120. The summed E-state index contributed by atoms with van der Waals surface area (Å²) in [5, 5.41) is 2.46. The lowest BCUT2D eigenvalue weighted by Crippen LogP contribution is -2.55. The molecule has 0 aromatic heterocycles. The average Bonchev–Trinajstić information content (AvgIpc) is 2.76. The van der Waals surface area contributed by atoms with Crippen molar-refractivity contribution >= 4 is 27.7 Å². The van der Waals surface area contributed by atoms with E-state index in [-0.39, 0.29) is 6.04 Å². The van der Waals surface area contributed by atoms with Crippen molar-refractivity contribution < 1.29 is 17.8 Å². The van der Waals surface area contributed by atoms with E-state index in [0.717, 1.165) is 37.2 Å². The van der Waals surface area contributed by atoms with Crippen LogP contribution in [0.25, 0.3) is 6.08 Å². The van der Waals surface area contributed by atoms with Crippen LogP contribution in [0.5, 0.6) is 0 Å². The predicted molar refractivity (Wildman–Crippen MR) is 128 cm³/mol. The maximum atomic E-state index is 12.8. The van der Waals surface area contributed by atoms with Crippen LogP contribution in [0.2, 0.25) is 0 Å². The molecule has 2 rings (SSSR count). The molecule has 1 aliphatic heterocycles. The van der Waals surface area contributed by atoms with Gasteiger partial charge in [-0.3, -0.25) is 9.35 Å². The van der Waals surface area contributed by atoms with Crippen LogP contribution in [0.15, 0.2) is 30.3 Å². The second kappa shape index (κ2) is 13.0. The first-order valence-electron chi connectivity index (χ1n) is 11.6. The zero-order chi connectivity index (χ0) is 22.7. The molecule has 7 heteroatoms. The van der Waals surface area contributed by atoms with Crippen molar-refractivity contribution in [3.05, 3.63) is 35.9 Å². The summed E-state index contributed by atoms with van der Waals surface area (Å²) < 4.78 is 32.3. The summed E-state index contributed by atoms with van der Waals surface area (Å²) in [6.07, 6.45) is 10.7. The van der Waals surface area contributed by atoms with Gasteiger partial charge in [0.1, 0.15) is 11.3 Å². The van der Waals surface area contributed by atoms with Crippen LogP contribution >= 0.6 is 0 Å². The summed E-state index contributed by atoms with van der Waals surface area (Å²) in [5.74, 6) is 0.295. The number of rotatable bonds is 13. The second-order valence-corrected chi connectivity index (χ2v) is 9.97. The van der Waals surface area contributed by atoms with Gasteiger partial charge in [0.25, 0.3) is 10.1 Å². The predicted octanol–water partition coefficient (Wildman–Crippen LogP) is 4.46. The van der Waals surface area contributed by atoms with E-state index in [4.69, 9.17) is 0 Å². The number of unbranched alkanes of at least 4 members (excludes halogenated alkanes) is 4. The van der Waals surface area contributed by atoms with Gasteiger partial charge in [-0.2, -0.15) is 8.42 Å². The summed E-state index contributed by atoms with van der Waals surface area (Å²) in [6, 6.07) is 7.67. The van der Waals surface area contributed by atoms with Crippen LogP contribution in [0.4, 0.5) is 5.69 Å². The Bertz CT molecular complexity index is 805. The summed E-state index contributed by atoms with van der Waals surface area (Å²) in [4.78, 5) is 15.0. The molecule has 1 aromatic rings. The largest absolute Gasteiger partial charge is 0.359 e. The molecular weight excluding hydrogens is 412 g/mol. The highest BCUT2D eigenvalue weighted by Gasteiger charge is 2.28. The molecule has 2 N–H and O–H groups in total. The highest BCUT2D eigenvalue weighted by atomic mass is 32.2. The molecule has 0 amide bonds. The molecular formula is C24H38N2O4S. The lowest BCUT2D eigenvalue weighted by atomic mass is 10.0. The Kier molecular flexibility index (Phi) is 10.7. The van der Waals surface area contributed by atoms with Gasteiger partial charge in [0, 0.05) is 31.7 Å². The third-order valence-electron chi connectivity index (χ3n) is 5.83. The Hall–Kier alpha value is -1.70. The van der Waals surface area contributed by atoms with Crippen LogP contribution in [-0.4, -0.2) is 49.7 Å². The molecule has 0 spiro atoms. The number of hydrogen-bond acceptors (Lipinski definition) is 5. The molecule has 1 aliphatic rings. The SMILES string of the molecule is CCCCCCCC(=O)C1CNCCN1c1ccc(C=CC(CCC)S(=O)(=O)O)cc1. The molecule has 174 valence electrons. The van der Waals surface area contributed by atoms with E-state index >= 15 is 0 Å². The van der Waals surface area contributed by atoms with Crippen molar-refractivity contribution in [3.8, 4) is 0 Å². The highest BCUT2D eigenvalue weighted by Crippen LogP contribution is 2.22. The zero-order valence-electron chi connectivity index (χ0n) is 18.9. The number of anilines is 1. The van der Waals surface area contributed by atoms with Crippen LogP contribution in [0.3, 0.4) is 0 Å². The molecule has 0 bridgehead atoms. The number of Topliss-reactive ketones (excluding diaryl/α,β-unsaturated/α-hetero) is 1. The fourth-order valence-corrected chi connectivity index (χ4v) is 4.81. The van der Waals surface area contributed by atoms with Gasteiger partial charge < -0.3 is 10.2 Å². The highest BCUT2D eigenvalue weighted by molar-refractivity contribution is 7.86. The minimum Gasteiger partial charge on any atom is -0.359 e. The first-order valence-corrected chi connectivity index (χ1v) is 13.1. The molecule has 31 heavy (non-hydrogen) atoms. The van der Waals surface area contributed by atoms with E-state index in [2.05, 4.69) is 17.1 Å². The van der Waals surface area contributed by atoms with Gasteiger partial charge >= 0.3 is 0 Å². The molecule has 2 unspecified atom stereocenters. The van der Waals surface area contributed by atoms with Gasteiger partial charge in [-0.05, 0) is 30.5 Å². The van der Waals surface area contributed by atoms with E-state index < -0.39 is 15.4 Å². The number of carbonyl (C=O) groups excluding carboxylic acids is 1. The van der Waals surface area contributed by atoms with Gasteiger partial charge in [0.05, 0.1) is 0 Å². The summed E-state index contributed by atoms with van der Waals surface area (Å²) >= 11 is 0. The van der Waals surface area contributed by atoms with Crippen molar-refractivity contribution in [2.45, 2.75) is 76.5 Å². The van der Waals surface area contributed by atoms with E-state index in [1.165, 1.54) is 19.3 Å². The fourth-order valence-electron chi connectivity index (χ4n) is 3.99. The normalized spacial score (nSPS) is 18.4. The monoisotopic (exact) mass is 450 g/mol. The average molecular weight is 451 g/mol. The third kappa shape index (κ3) is 8.39. The Morgan fingerprint density at radius 1 is 1.16 bits per heavy atom. The number of ketones is 1. The van der Waals surface area contributed by atoms with Gasteiger partial charge in [-0.25, -0.2) is 0 Å². The van der Waals surface area contributed by atoms with Gasteiger partial charge in [0.15, 0.2) is 5.78 Å². The van der Waals surface area contributed by atoms with Crippen LogP contribution in [-0.2, 0) is 14.9 Å². The number of hydrogen-bond donors (Lipinski definition) is 2. The van der Waals surface area contributed by atoms with E-state index in [9.17, 15) is 17.8 Å². The maximum Gasteiger partial charge on any atom is 0.271 e. The molecule has 6 nitrogen and oxygen atoms in total. The van der Waals surface area contributed by atoms with Crippen molar-refractivity contribution in [1.29, 1.82) is 0 Å². The molecule has 0 radical (unpaired) electrons. The zero-order valence-corrected chi connectivity index (χ0v) is 19.7. The van der Waals surface area contributed by atoms with Gasteiger partial charge in [-0.1, -0.05) is 70.2 Å².